The molecule has 1 aliphatic rings. The largest absolute Gasteiger partial charge is 0.496 e. The minimum absolute atomic E-state index is 0.103. The zero-order valence-electron chi connectivity index (χ0n) is 11.1. The molecular weight excluding hydrogens is 320 g/mol. The Labute approximate surface area is 126 Å². The lowest BCUT2D eigenvalue weighted by molar-refractivity contribution is 0.250. The van der Waals surface area contributed by atoms with Gasteiger partial charge in [-0.2, -0.15) is 0 Å². The Morgan fingerprint density at radius 2 is 2.15 bits per heavy atom. The van der Waals surface area contributed by atoms with E-state index in [1.807, 2.05) is 24.3 Å². The van der Waals surface area contributed by atoms with Gasteiger partial charge in [0.15, 0.2) is 0 Å². The van der Waals surface area contributed by atoms with Crippen LogP contribution >= 0.6 is 15.9 Å². The van der Waals surface area contributed by atoms with Crippen LogP contribution in [0.1, 0.15) is 18.7 Å². The Bertz CT molecular complexity index is 642. The molecule has 20 heavy (non-hydrogen) atoms. The predicted octanol–water partition coefficient (Wildman–Crippen LogP) is 2.94. The maximum atomic E-state index is 9.50. The first kappa shape index (κ1) is 13.5. The van der Waals surface area contributed by atoms with Gasteiger partial charge in [0.2, 0.25) is 0 Å². The quantitative estimate of drug-likeness (QED) is 0.933. The van der Waals surface area contributed by atoms with Crippen LogP contribution in [0.15, 0.2) is 34.9 Å². The van der Waals surface area contributed by atoms with Crippen molar-refractivity contribution in [1.82, 2.24) is 9.97 Å². The van der Waals surface area contributed by atoms with E-state index in [0.717, 1.165) is 40.1 Å². The van der Waals surface area contributed by atoms with E-state index in [2.05, 4.69) is 25.9 Å². The summed E-state index contributed by atoms with van der Waals surface area (Å²) in [6, 6.07) is 7.67. The molecule has 0 bridgehead atoms. The van der Waals surface area contributed by atoms with Gasteiger partial charge >= 0.3 is 0 Å². The van der Waals surface area contributed by atoms with E-state index in [1.165, 1.54) is 0 Å². The van der Waals surface area contributed by atoms with Crippen molar-refractivity contribution in [2.45, 2.75) is 18.3 Å². The van der Waals surface area contributed by atoms with Crippen molar-refractivity contribution in [1.29, 1.82) is 0 Å². The van der Waals surface area contributed by atoms with Crippen molar-refractivity contribution in [3.63, 3.8) is 0 Å². The molecular formula is C15H15BrN2O2. The van der Waals surface area contributed by atoms with Crippen LogP contribution in [0.5, 0.6) is 5.75 Å². The van der Waals surface area contributed by atoms with Crippen molar-refractivity contribution in [2.24, 2.45) is 0 Å². The van der Waals surface area contributed by atoms with Gasteiger partial charge in [-0.1, -0.05) is 15.9 Å². The summed E-state index contributed by atoms with van der Waals surface area (Å²) >= 11 is 3.47. The van der Waals surface area contributed by atoms with Crippen LogP contribution in [0.25, 0.3) is 11.3 Å². The van der Waals surface area contributed by atoms with Crippen LogP contribution in [0.3, 0.4) is 0 Å². The monoisotopic (exact) mass is 334 g/mol. The van der Waals surface area contributed by atoms with Crippen LogP contribution in [-0.4, -0.2) is 28.8 Å². The summed E-state index contributed by atoms with van der Waals surface area (Å²) in [5.74, 6) is 1.49. The van der Waals surface area contributed by atoms with Gasteiger partial charge in [-0.3, -0.25) is 0 Å². The zero-order valence-corrected chi connectivity index (χ0v) is 12.7. The van der Waals surface area contributed by atoms with Crippen molar-refractivity contribution < 1.29 is 9.84 Å². The molecule has 1 aromatic carbocycles. The van der Waals surface area contributed by atoms with Gasteiger partial charge in [0.05, 0.1) is 24.8 Å². The van der Waals surface area contributed by atoms with Gasteiger partial charge < -0.3 is 9.84 Å². The number of hydrogen-bond acceptors (Lipinski definition) is 4. The van der Waals surface area contributed by atoms with Gasteiger partial charge in [-0.05, 0) is 37.1 Å². The van der Waals surface area contributed by atoms with Crippen LogP contribution in [0, 0.1) is 0 Å². The molecule has 5 heteroatoms. The summed E-state index contributed by atoms with van der Waals surface area (Å²) in [7, 11) is 1.64. The number of ether oxygens (including phenoxy) is 1. The number of aliphatic hydroxyl groups is 1. The highest BCUT2D eigenvalue weighted by molar-refractivity contribution is 9.10. The minimum Gasteiger partial charge on any atom is -0.496 e. The lowest BCUT2D eigenvalue weighted by atomic mass is 10.1. The normalized spacial score (nSPS) is 15.9. The molecule has 4 nitrogen and oxygen atoms in total. The topological polar surface area (TPSA) is 55.2 Å². The first-order valence-electron chi connectivity index (χ1n) is 6.47. The van der Waals surface area contributed by atoms with Gasteiger partial charge in [0, 0.05) is 16.2 Å². The lowest BCUT2D eigenvalue weighted by Gasteiger charge is -2.13. The van der Waals surface area contributed by atoms with Crippen LogP contribution in [0.4, 0.5) is 0 Å². The third-order valence-corrected chi connectivity index (χ3v) is 4.22. The molecule has 0 saturated heterocycles. The lowest BCUT2D eigenvalue weighted by Crippen LogP contribution is -2.16. The van der Waals surface area contributed by atoms with Gasteiger partial charge in [-0.25, -0.2) is 9.97 Å². The van der Waals surface area contributed by atoms with Crippen molar-refractivity contribution in [3.8, 4) is 17.0 Å². The standard InChI is InChI=1S/C15H15BrN2O2/c1-20-13-3-2-10(16)8-11(13)12-4-7-17-14(18-12)15(9-19)5-6-15/h2-4,7-8,19H,5-6,9H2,1H3. The van der Waals surface area contributed by atoms with Gasteiger partial charge in [0.25, 0.3) is 0 Å². The summed E-state index contributed by atoms with van der Waals surface area (Å²) in [5, 5.41) is 9.50. The van der Waals surface area contributed by atoms with E-state index >= 15 is 0 Å². The molecule has 0 atom stereocenters. The molecule has 2 aromatic rings. The van der Waals surface area contributed by atoms with E-state index in [4.69, 9.17) is 4.74 Å². The summed E-state index contributed by atoms with van der Waals surface area (Å²) in [6.07, 6.45) is 3.64. The highest BCUT2D eigenvalue weighted by atomic mass is 79.9. The third-order valence-electron chi connectivity index (χ3n) is 3.72. The fourth-order valence-electron chi connectivity index (χ4n) is 2.25. The van der Waals surface area contributed by atoms with E-state index in [9.17, 15) is 5.11 Å². The first-order valence-corrected chi connectivity index (χ1v) is 7.26. The summed E-state index contributed by atoms with van der Waals surface area (Å²) < 4.78 is 6.36. The van der Waals surface area contributed by atoms with Crippen LogP contribution in [0.2, 0.25) is 0 Å². The Morgan fingerprint density at radius 3 is 2.80 bits per heavy atom. The predicted molar refractivity (Wildman–Crippen MR) is 79.7 cm³/mol. The fourth-order valence-corrected chi connectivity index (χ4v) is 2.61. The van der Waals surface area contributed by atoms with Crippen LogP contribution < -0.4 is 4.74 Å². The molecule has 1 aliphatic carbocycles. The number of aromatic nitrogens is 2. The molecule has 0 spiro atoms. The molecule has 1 aromatic heterocycles. The maximum absolute atomic E-state index is 9.50. The number of rotatable bonds is 4. The number of aliphatic hydroxyl groups excluding tert-OH is 1. The number of hydrogen-bond donors (Lipinski definition) is 1. The zero-order chi connectivity index (χ0) is 14.2. The molecule has 1 fully saturated rings. The van der Waals surface area contributed by atoms with E-state index in [0.29, 0.717) is 0 Å². The molecule has 0 aliphatic heterocycles. The second-order valence-electron chi connectivity index (χ2n) is 5.05. The minimum atomic E-state index is -0.227. The molecule has 0 radical (unpaired) electrons. The summed E-state index contributed by atoms with van der Waals surface area (Å²) in [4.78, 5) is 8.95. The maximum Gasteiger partial charge on any atom is 0.137 e. The van der Waals surface area contributed by atoms with Crippen LogP contribution in [-0.2, 0) is 5.41 Å². The highest BCUT2D eigenvalue weighted by Gasteiger charge is 2.46. The van der Waals surface area contributed by atoms with E-state index in [1.54, 1.807) is 13.3 Å². The van der Waals surface area contributed by atoms with Crippen molar-refractivity contribution in [2.75, 3.05) is 13.7 Å². The highest BCUT2D eigenvalue weighted by Crippen LogP contribution is 2.46. The van der Waals surface area contributed by atoms with Gasteiger partial charge in [0.1, 0.15) is 11.6 Å². The van der Waals surface area contributed by atoms with Crippen molar-refractivity contribution in [3.05, 3.63) is 40.8 Å². The third kappa shape index (κ3) is 2.31. The molecule has 1 N–H and O–H groups in total. The Morgan fingerprint density at radius 1 is 1.35 bits per heavy atom. The molecule has 0 amide bonds. The molecule has 3 rings (SSSR count). The summed E-state index contributed by atoms with van der Waals surface area (Å²) in [6.45, 7) is 0.103. The SMILES string of the molecule is COc1ccc(Br)cc1-c1ccnc(C2(CO)CC2)n1. The van der Waals surface area contributed by atoms with Gasteiger partial charge in [-0.15, -0.1) is 0 Å². The fraction of sp³-hybridized carbons (Fsp3) is 0.333. The van der Waals surface area contributed by atoms with E-state index in [-0.39, 0.29) is 12.0 Å². The Hall–Kier alpha value is -1.46. The molecule has 1 heterocycles. The van der Waals surface area contributed by atoms with Crippen molar-refractivity contribution >= 4 is 15.9 Å². The molecule has 0 unspecified atom stereocenters. The summed E-state index contributed by atoms with van der Waals surface area (Å²) in [5.41, 5.74) is 1.50. The average Bonchev–Trinajstić information content (AvgIpc) is 3.28. The second-order valence-corrected chi connectivity index (χ2v) is 5.96. The second kappa shape index (κ2) is 5.14. The number of halogens is 1. The smallest absolute Gasteiger partial charge is 0.137 e. The molecule has 1 saturated carbocycles. The van der Waals surface area contributed by atoms with E-state index < -0.39 is 0 Å². The number of methoxy groups -OCH3 is 1. The average molecular weight is 335 g/mol. The Balaban J connectivity index is 2.07. The number of nitrogens with zero attached hydrogens (tertiary/aromatic N) is 2. The first-order chi connectivity index (χ1) is 9.68. The Kier molecular flexibility index (Phi) is 3.48. The molecule has 104 valence electrons. The number of benzene rings is 1.